The van der Waals surface area contributed by atoms with Crippen molar-refractivity contribution in [1.82, 2.24) is 4.90 Å². The topological polar surface area (TPSA) is 29.3 Å². The van der Waals surface area contributed by atoms with Crippen LogP contribution in [0.1, 0.15) is 30.7 Å². The zero-order chi connectivity index (χ0) is 11.5. The van der Waals surface area contributed by atoms with Gasteiger partial charge in [-0.25, -0.2) is 0 Å². The van der Waals surface area contributed by atoms with Crippen LogP contribution in [0.25, 0.3) is 0 Å². The lowest BCUT2D eigenvalue weighted by atomic mass is 9.98. The van der Waals surface area contributed by atoms with Gasteiger partial charge in [-0.05, 0) is 52.7 Å². The SMILES string of the molecule is CC1CCCN(C(CN)c2sccc2Br)C1. The van der Waals surface area contributed by atoms with E-state index in [9.17, 15) is 0 Å². The van der Waals surface area contributed by atoms with E-state index in [-0.39, 0.29) is 0 Å². The van der Waals surface area contributed by atoms with E-state index in [4.69, 9.17) is 5.73 Å². The van der Waals surface area contributed by atoms with Crippen molar-refractivity contribution in [3.05, 3.63) is 20.8 Å². The van der Waals surface area contributed by atoms with Crippen LogP contribution in [-0.2, 0) is 0 Å². The average Bonchev–Trinajstić information content (AvgIpc) is 2.67. The maximum Gasteiger partial charge on any atom is 0.0575 e. The molecule has 1 fully saturated rings. The van der Waals surface area contributed by atoms with E-state index < -0.39 is 0 Å². The Bertz CT molecular complexity index is 340. The van der Waals surface area contributed by atoms with Gasteiger partial charge in [0, 0.05) is 22.4 Å². The molecule has 2 atom stereocenters. The summed E-state index contributed by atoms with van der Waals surface area (Å²) >= 11 is 5.43. The van der Waals surface area contributed by atoms with Crippen molar-refractivity contribution in [2.24, 2.45) is 11.7 Å². The molecule has 0 radical (unpaired) electrons. The minimum atomic E-state index is 0.400. The number of hydrogen-bond acceptors (Lipinski definition) is 3. The van der Waals surface area contributed by atoms with E-state index in [1.54, 1.807) is 0 Å². The Labute approximate surface area is 110 Å². The molecule has 1 aromatic rings. The lowest BCUT2D eigenvalue weighted by Crippen LogP contribution is -2.40. The summed E-state index contributed by atoms with van der Waals surface area (Å²) in [4.78, 5) is 3.93. The fourth-order valence-electron chi connectivity index (χ4n) is 2.47. The van der Waals surface area contributed by atoms with Crippen LogP contribution in [0.2, 0.25) is 0 Å². The molecular weight excluding hydrogens is 284 g/mol. The normalized spacial score (nSPS) is 24.6. The summed E-state index contributed by atoms with van der Waals surface area (Å²) in [5.41, 5.74) is 5.95. The van der Waals surface area contributed by atoms with Crippen molar-refractivity contribution in [2.45, 2.75) is 25.8 Å². The maximum absolute atomic E-state index is 5.95. The van der Waals surface area contributed by atoms with E-state index in [2.05, 4.69) is 39.2 Å². The second-order valence-corrected chi connectivity index (χ2v) is 6.43. The van der Waals surface area contributed by atoms with Crippen LogP contribution in [0.15, 0.2) is 15.9 Å². The third-order valence-electron chi connectivity index (χ3n) is 3.30. The Hall–Kier alpha value is 0.100. The molecule has 1 aliphatic heterocycles. The molecule has 16 heavy (non-hydrogen) atoms. The van der Waals surface area contributed by atoms with Crippen LogP contribution < -0.4 is 5.73 Å². The lowest BCUT2D eigenvalue weighted by Gasteiger charge is -2.36. The molecule has 0 aliphatic carbocycles. The van der Waals surface area contributed by atoms with Crippen LogP contribution in [-0.4, -0.2) is 24.5 Å². The summed E-state index contributed by atoms with van der Waals surface area (Å²) in [5.74, 6) is 0.807. The Balaban J connectivity index is 2.13. The second-order valence-electron chi connectivity index (χ2n) is 4.63. The number of hydrogen-bond donors (Lipinski definition) is 1. The van der Waals surface area contributed by atoms with Gasteiger partial charge in [0.15, 0.2) is 0 Å². The van der Waals surface area contributed by atoms with Gasteiger partial charge in [0.1, 0.15) is 0 Å². The van der Waals surface area contributed by atoms with E-state index >= 15 is 0 Å². The molecule has 0 spiro atoms. The average molecular weight is 303 g/mol. The van der Waals surface area contributed by atoms with Gasteiger partial charge in [-0.15, -0.1) is 11.3 Å². The first-order valence-corrected chi connectivity index (χ1v) is 7.56. The molecule has 4 heteroatoms. The molecule has 0 bridgehead atoms. The molecule has 0 amide bonds. The van der Waals surface area contributed by atoms with Crippen LogP contribution in [0.3, 0.4) is 0 Å². The highest BCUT2D eigenvalue weighted by atomic mass is 79.9. The molecule has 2 heterocycles. The van der Waals surface area contributed by atoms with Crippen LogP contribution in [0.5, 0.6) is 0 Å². The van der Waals surface area contributed by atoms with Gasteiger partial charge in [-0.1, -0.05) is 6.92 Å². The van der Waals surface area contributed by atoms with Crippen LogP contribution in [0.4, 0.5) is 0 Å². The van der Waals surface area contributed by atoms with Crippen LogP contribution in [0, 0.1) is 5.92 Å². The van der Waals surface area contributed by atoms with E-state index in [1.807, 2.05) is 11.3 Å². The molecule has 2 unspecified atom stereocenters. The zero-order valence-electron chi connectivity index (χ0n) is 9.66. The maximum atomic E-state index is 5.95. The predicted molar refractivity (Wildman–Crippen MR) is 73.8 cm³/mol. The van der Waals surface area contributed by atoms with Crippen molar-refractivity contribution in [3.63, 3.8) is 0 Å². The summed E-state index contributed by atoms with van der Waals surface area (Å²) in [6.07, 6.45) is 2.67. The second kappa shape index (κ2) is 5.63. The fraction of sp³-hybridized carbons (Fsp3) is 0.667. The van der Waals surface area contributed by atoms with E-state index in [0.29, 0.717) is 12.6 Å². The molecule has 2 rings (SSSR count). The summed E-state index contributed by atoms with van der Waals surface area (Å²) in [6.45, 7) is 5.43. The lowest BCUT2D eigenvalue weighted by molar-refractivity contribution is 0.134. The minimum absolute atomic E-state index is 0.400. The first-order valence-electron chi connectivity index (χ1n) is 5.89. The van der Waals surface area contributed by atoms with E-state index in [0.717, 1.165) is 5.92 Å². The molecule has 1 aromatic heterocycles. The number of thiophene rings is 1. The fourth-order valence-corrected chi connectivity index (χ4v) is 4.26. The molecule has 2 N–H and O–H groups in total. The first kappa shape index (κ1) is 12.6. The van der Waals surface area contributed by atoms with Crippen LogP contribution >= 0.6 is 27.3 Å². The van der Waals surface area contributed by atoms with Crippen molar-refractivity contribution in [3.8, 4) is 0 Å². The minimum Gasteiger partial charge on any atom is -0.329 e. The Morgan fingerprint density at radius 1 is 1.69 bits per heavy atom. The smallest absolute Gasteiger partial charge is 0.0575 e. The molecular formula is C12H19BrN2S. The predicted octanol–water partition coefficient (Wildman–Crippen LogP) is 3.24. The molecule has 0 aromatic carbocycles. The van der Waals surface area contributed by atoms with Crippen molar-refractivity contribution >= 4 is 27.3 Å². The van der Waals surface area contributed by atoms with Crippen molar-refractivity contribution in [2.75, 3.05) is 19.6 Å². The summed E-state index contributed by atoms with van der Waals surface area (Å²) in [7, 11) is 0. The number of nitrogens with zero attached hydrogens (tertiary/aromatic N) is 1. The van der Waals surface area contributed by atoms with E-state index in [1.165, 1.54) is 35.3 Å². The number of halogens is 1. The van der Waals surface area contributed by atoms with Gasteiger partial charge < -0.3 is 5.73 Å². The van der Waals surface area contributed by atoms with Gasteiger partial charge >= 0.3 is 0 Å². The van der Waals surface area contributed by atoms with Gasteiger partial charge in [-0.2, -0.15) is 0 Å². The third-order valence-corrected chi connectivity index (χ3v) is 5.27. The summed E-state index contributed by atoms with van der Waals surface area (Å²) < 4.78 is 1.21. The number of piperidine rings is 1. The highest BCUT2D eigenvalue weighted by Crippen LogP contribution is 2.34. The molecule has 0 saturated carbocycles. The van der Waals surface area contributed by atoms with Gasteiger partial charge in [0.2, 0.25) is 0 Å². The Morgan fingerprint density at radius 2 is 2.50 bits per heavy atom. The monoisotopic (exact) mass is 302 g/mol. The first-order chi connectivity index (χ1) is 7.72. The quantitative estimate of drug-likeness (QED) is 0.929. The van der Waals surface area contributed by atoms with Crippen molar-refractivity contribution < 1.29 is 0 Å². The third kappa shape index (κ3) is 2.67. The van der Waals surface area contributed by atoms with Gasteiger partial charge in [0.05, 0.1) is 6.04 Å². The molecule has 2 nitrogen and oxygen atoms in total. The van der Waals surface area contributed by atoms with Crippen molar-refractivity contribution in [1.29, 1.82) is 0 Å². The Kier molecular flexibility index (Phi) is 4.41. The standard InChI is InChI=1S/C12H19BrN2S/c1-9-3-2-5-15(8-9)11(7-14)12-10(13)4-6-16-12/h4,6,9,11H,2-3,5,7-8,14H2,1H3. The molecule has 1 saturated heterocycles. The highest BCUT2D eigenvalue weighted by molar-refractivity contribution is 9.10. The number of nitrogens with two attached hydrogens (primary N) is 1. The zero-order valence-corrected chi connectivity index (χ0v) is 12.1. The van der Waals surface area contributed by atoms with Gasteiger partial charge in [-0.3, -0.25) is 4.90 Å². The molecule has 1 aliphatic rings. The van der Waals surface area contributed by atoms with Gasteiger partial charge in [0.25, 0.3) is 0 Å². The number of rotatable bonds is 3. The molecule has 90 valence electrons. The Morgan fingerprint density at radius 3 is 3.06 bits per heavy atom. The summed E-state index contributed by atoms with van der Waals surface area (Å²) in [6, 6.07) is 2.52. The largest absolute Gasteiger partial charge is 0.329 e. The number of likely N-dealkylation sites (tertiary alicyclic amines) is 1. The highest BCUT2D eigenvalue weighted by Gasteiger charge is 2.26. The summed E-state index contributed by atoms with van der Waals surface area (Å²) in [5, 5.41) is 2.13.